The molecule has 0 aliphatic rings. The average molecular weight is 507 g/mol. The Labute approximate surface area is 227 Å². The molecule has 214 valence electrons. The van der Waals surface area contributed by atoms with Crippen LogP contribution in [0.2, 0.25) is 0 Å². The van der Waals surface area contributed by atoms with Crippen molar-refractivity contribution in [2.24, 2.45) is 11.8 Å². The van der Waals surface area contributed by atoms with E-state index in [2.05, 4.69) is 27.4 Å². The van der Waals surface area contributed by atoms with Crippen LogP contribution in [0, 0.1) is 11.8 Å². The third kappa shape index (κ3) is 26.3. The van der Waals surface area contributed by atoms with Crippen molar-refractivity contribution in [3.05, 3.63) is 12.2 Å². The number of ether oxygens (including phenoxy) is 1. The van der Waals surface area contributed by atoms with Crippen LogP contribution in [0.25, 0.3) is 0 Å². The quantitative estimate of drug-likeness (QED) is 0.0599. The minimum atomic E-state index is -0.219. The fourth-order valence-electron chi connectivity index (χ4n) is 5.12. The first kappa shape index (κ1) is 35.2. The Kier molecular flexibility index (Phi) is 26.7. The summed E-state index contributed by atoms with van der Waals surface area (Å²) in [4.78, 5) is 11.9. The van der Waals surface area contributed by atoms with Crippen LogP contribution in [-0.4, -0.2) is 12.6 Å². The normalized spacial score (nSPS) is 12.2. The highest BCUT2D eigenvalue weighted by atomic mass is 16.5. The van der Waals surface area contributed by atoms with Crippen LogP contribution in [0.4, 0.5) is 0 Å². The Morgan fingerprint density at radius 2 is 0.917 bits per heavy atom. The molecular weight excluding hydrogens is 440 g/mol. The fourth-order valence-corrected chi connectivity index (χ4v) is 5.12. The lowest BCUT2D eigenvalue weighted by Crippen LogP contribution is -2.15. The molecule has 0 bridgehead atoms. The van der Waals surface area contributed by atoms with Crippen molar-refractivity contribution in [3.63, 3.8) is 0 Å². The number of esters is 1. The van der Waals surface area contributed by atoms with E-state index in [0.29, 0.717) is 18.1 Å². The summed E-state index contributed by atoms with van der Waals surface area (Å²) in [6.07, 6.45) is 32.9. The van der Waals surface area contributed by atoms with Crippen molar-refractivity contribution >= 4 is 5.97 Å². The molecule has 0 aromatic heterocycles. The average Bonchev–Trinajstić information content (AvgIpc) is 2.85. The van der Waals surface area contributed by atoms with Crippen molar-refractivity contribution in [1.82, 2.24) is 0 Å². The van der Waals surface area contributed by atoms with Gasteiger partial charge in [0.05, 0.1) is 6.61 Å². The number of carbonyl (C=O) groups excluding carboxylic acids is 1. The lowest BCUT2D eigenvalue weighted by atomic mass is 9.94. The number of unbranched alkanes of at least 4 members (excludes halogenated alkanes) is 19. The van der Waals surface area contributed by atoms with Crippen LogP contribution in [-0.2, 0) is 9.53 Å². The molecule has 0 rings (SSSR count). The minimum Gasteiger partial charge on any atom is -0.462 e. The van der Waals surface area contributed by atoms with Gasteiger partial charge in [0.1, 0.15) is 0 Å². The van der Waals surface area contributed by atoms with E-state index >= 15 is 0 Å². The summed E-state index contributed by atoms with van der Waals surface area (Å²) in [6.45, 7) is 13.0. The lowest BCUT2D eigenvalue weighted by molar-refractivity contribution is -0.140. The summed E-state index contributed by atoms with van der Waals surface area (Å²) in [5, 5.41) is 0. The molecule has 0 N–H and O–H groups in total. The molecule has 0 saturated carbocycles. The Hall–Kier alpha value is -0.790. The Bertz CT molecular complexity index is 482. The number of hydrogen-bond acceptors (Lipinski definition) is 2. The summed E-state index contributed by atoms with van der Waals surface area (Å²) in [6, 6.07) is 0. The van der Waals surface area contributed by atoms with E-state index in [-0.39, 0.29) is 5.97 Å². The molecule has 0 radical (unpaired) electrons. The van der Waals surface area contributed by atoms with E-state index in [0.717, 1.165) is 5.92 Å². The summed E-state index contributed by atoms with van der Waals surface area (Å²) >= 11 is 0. The Morgan fingerprint density at radius 1 is 0.583 bits per heavy atom. The summed E-state index contributed by atoms with van der Waals surface area (Å²) < 4.78 is 5.54. The van der Waals surface area contributed by atoms with Crippen molar-refractivity contribution < 1.29 is 9.53 Å². The molecule has 2 heteroatoms. The highest BCUT2D eigenvalue weighted by Crippen LogP contribution is 2.21. The molecule has 0 aromatic rings. The third-order valence-corrected chi connectivity index (χ3v) is 7.66. The van der Waals surface area contributed by atoms with Gasteiger partial charge in [0.25, 0.3) is 0 Å². The third-order valence-electron chi connectivity index (χ3n) is 7.66. The predicted molar refractivity (Wildman–Crippen MR) is 161 cm³/mol. The maximum atomic E-state index is 11.9. The second-order valence-corrected chi connectivity index (χ2v) is 12.1. The topological polar surface area (TPSA) is 26.3 Å². The SMILES string of the molecule is C=C(C)C(=O)OCC(CCCCCCCCCCCCCC)CCCCCCCCCCCC(C)C. The van der Waals surface area contributed by atoms with Gasteiger partial charge in [0.2, 0.25) is 0 Å². The Balaban J connectivity index is 3.83. The zero-order valence-corrected chi connectivity index (χ0v) is 25.4. The maximum Gasteiger partial charge on any atom is 0.333 e. The van der Waals surface area contributed by atoms with Crippen LogP contribution in [0.3, 0.4) is 0 Å². The first-order valence-corrected chi connectivity index (χ1v) is 16.3. The summed E-state index contributed by atoms with van der Waals surface area (Å²) in [5.74, 6) is 1.17. The first-order chi connectivity index (χ1) is 17.5. The molecule has 1 atom stereocenters. The van der Waals surface area contributed by atoms with E-state index in [4.69, 9.17) is 4.74 Å². The smallest absolute Gasteiger partial charge is 0.333 e. The van der Waals surface area contributed by atoms with E-state index in [1.807, 2.05) is 0 Å². The summed E-state index contributed by atoms with van der Waals surface area (Å²) in [5.41, 5.74) is 0.517. The van der Waals surface area contributed by atoms with Crippen molar-refractivity contribution in [2.75, 3.05) is 6.61 Å². The van der Waals surface area contributed by atoms with Crippen LogP contribution in [0.5, 0.6) is 0 Å². The highest BCUT2D eigenvalue weighted by molar-refractivity contribution is 5.86. The molecule has 0 aromatic carbocycles. The van der Waals surface area contributed by atoms with E-state index in [9.17, 15) is 4.79 Å². The number of rotatable bonds is 28. The summed E-state index contributed by atoms with van der Waals surface area (Å²) in [7, 11) is 0. The zero-order chi connectivity index (χ0) is 26.7. The molecule has 0 aliphatic carbocycles. The number of carbonyl (C=O) groups is 1. The van der Waals surface area contributed by atoms with Crippen molar-refractivity contribution in [2.45, 2.75) is 182 Å². The van der Waals surface area contributed by atoms with Crippen molar-refractivity contribution in [1.29, 1.82) is 0 Å². The fraction of sp³-hybridized carbons (Fsp3) is 0.912. The van der Waals surface area contributed by atoms with Crippen LogP contribution in [0.1, 0.15) is 182 Å². The zero-order valence-electron chi connectivity index (χ0n) is 25.4. The highest BCUT2D eigenvalue weighted by Gasteiger charge is 2.12. The lowest BCUT2D eigenvalue weighted by Gasteiger charge is -2.17. The molecular formula is C34H66O2. The molecule has 1 unspecified atom stereocenters. The van der Waals surface area contributed by atoms with E-state index < -0.39 is 0 Å². The molecule has 2 nitrogen and oxygen atoms in total. The second kappa shape index (κ2) is 27.3. The van der Waals surface area contributed by atoms with Gasteiger partial charge in [-0.1, -0.05) is 169 Å². The standard InChI is InChI=1S/C34H66O2/c1-6-7-8-9-10-11-12-13-16-19-22-25-28-33(30-36-34(35)32(4)5)29-26-23-20-17-14-15-18-21-24-27-31(2)3/h31,33H,4,6-30H2,1-3,5H3. The molecule has 0 fully saturated rings. The van der Waals surface area contributed by atoms with Gasteiger partial charge in [-0.2, -0.15) is 0 Å². The minimum absolute atomic E-state index is 0.219. The molecule has 0 amide bonds. The van der Waals surface area contributed by atoms with Crippen LogP contribution in [0.15, 0.2) is 12.2 Å². The molecule has 36 heavy (non-hydrogen) atoms. The van der Waals surface area contributed by atoms with Crippen LogP contribution >= 0.6 is 0 Å². The second-order valence-electron chi connectivity index (χ2n) is 12.1. The van der Waals surface area contributed by atoms with Gasteiger partial charge in [0, 0.05) is 5.57 Å². The first-order valence-electron chi connectivity index (χ1n) is 16.3. The predicted octanol–water partition coefficient (Wildman–Crippen LogP) is 11.8. The molecule has 0 aliphatic heterocycles. The van der Waals surface area contributed by atoms with E-state index in [1.54, 1.807) is 6.92 Å². The van der Waals surface area contributed by atoms with Crippen molar-refractivity contribution in [3.8, 4) is 0 Å². The van der Waals surface area contributed by atoms with Gasteiger partial charge in [-0.15, -0.1) is 0 Å². The van der Waals surface area contributed by atoms with E-state index in [1.165, 1.54) is 154 Å². The van der Waals surface area contributed by atoms with Gasteiger partial charge in [0.15, 0.2) is 0 Å². The Morgan fingerprint density at radius 3 is 1.25 bits per heavy atom. The monoisotopic (exact) mass is 507 g/mol. The maximum absolute atomic E-state index is 11.9. The molecule has 0 saturated heterocycles. The van der Waals surface area contributed by atoms with Crippen LogP contribution < -0.4 is 0 Å². The van der Waals surface area contributed by atoms with Gasteiger partial charge < -0.3 is 4.74 Å². The largest absolute Gasteiger partial charge is 0.462 e. The van der Waals surface area contributed by atoms with Gasteiger partial charge >= 0.3 is 5.97 Å². The van der Waals surface area contributed by atoms with Gasteiger partial charge in [-0.25, -0.2) is 4.79 Å². The van der Waals surface area contributed by atoms with Gasteiger partial charge in [-0.3, -0.25) is 0 Å². The van der Waals surface area contributed by atoms with Gasteiger partial charge in [-0.05, 0) is 31.6 Å². The number of hydrogen-bond donors (Lipinski definition) is 0. The molecule has 0 spiro atoms. The molecule has 0 heterocycles.